The fourth-order valence-electron chi connectivity index (χ4n) is 2.69. The number of ether oxygens (including phenoxy) is 2. The van der Waals surface area contributed by atoms with Gasteiger partial charge in [0, 0.05) is 25.1 Å². The van der Waals surface area contributed by atoms with E-state index in [4.69, 9.17) is 21.1 Å². The van der Waals surface area contributed by atoms with Crippen LogP contribution in [0.4, 0.5) is 10.5 Å². The zero-order valence-electron chi connectivity index (χ0n) is 12.9. The van der Waals surface area contributed by atoms with Gasteiger partial charge in [0.15, 0.2) is 11.5 Å². The lowest BCUT2D eigenvalue weighted by Gasteiger charge is -2.36. The van der Waals surface area contributed by atoms with Crippen LogP contribution in [0.2, 0.25) is 5.02 Å². The topological polar surface area (TPSA) is 79.8 Å². The smallest absolute Gasteiger partial charge is 0.319 e. The first-order valence-electron chi connectivity index (χ1n) is 7.92. The highest BCUT2D eigenvalue weighted by atomic mass is 35.5. The second-order valence-corrected chi connectivity index (χ2v) is 6.45. The van der Waals surface area contributed by atoms with Gasteiger partial charge in [0.25, 0.3) is 0 Å². The van der Waals surface area contributed by atoms with Gasteiger partial charge in [-0.05, 0) is 25.7 Å². The van der Waals surface area contributed by atoms with Crippen LogP contribution in [0.1, 0.15) is 32.1 Å². The van der Waals surface area contributed by atoms with Gasteiger partial charge >= 0.3 is 6.03 Å². The maximum atomic E-state index is 12.0. The number of carbonyl (C=O) groups is 1. The molecule has 2 aliphatic rings. The van der Waals surface area contributed by atoms with Gasteiger partial charge in [-0.3, -0.25) is 0 Å². The Hall–Kier alpha value is -1.66. The number of anilines is 1. The Morgan fingerprint density at radius 3 is 2.57 bits per heavy atom. The van der Waals surface area contributed by atoms with Crippen molar-refractivity contribution in [2.75, 3.05) is 25.1 Å². The number of hydrogen-bond acceptors (Lipinski definition) is 4. The highest BCUT2D eigenvalue weighted by Crippen LogP contribution is 2.37. The second-order valence-electron chi connectivity index (χ2n) is 6.04. The molecule has 1 fully saturated rings. The van der Waals surface area contributed by atoms with Crippen LogP contribution in [0.25, 0.3) is 0 Å². The molecule has 126 valence electrons. The highest BCUT2D eigenvalue weighted by molar-refractivity contribution is 6.34. The molecule has 1 aliphatic carbocycles. The van der Waals surface area contributed by atoms with E-state index in [0.717, 1.165) is 25.7 Å². The molecular formula is C16H21ClN2O4. The van der Waals surface area contributed by atoms with Gasteiger partial charge in [0.05, 0.1) is 29.5 Å². The fourth-order valence-corrected chi connectivity index (χ4v) is 2.89. The number of urea groups is 1. The Morgan fingerprint density at radius 1 is 1.22 bits per heavy atom. The molecule has 0 unspecified atom stereocenters. The van der Waals surface area contributed by atoms with E-state index in [1.165, 1.54) is 0 Å². The first-order chi connectivity index (χ1) is 11.1. The minimum atomic E-state index is -0.597. The summed E-state index contributed by atoms with van der Waals surface area (Å²) in [5.74, 6) is 1.16. The third-order valence-electron chi connectivity index (χ3n) is 4.25. The number of carbonyl (C=O) groups excluding carboxylic acids is 1. The zero-order chi connectivity index (χ0) is 16.3. The lowest BCUT2D eigenvalue weighted by molar-refractivity contribution is -0.0388. The van der Waals surface area contributed by atoms with Crippen LogP contribution in [0.3, 0.4) is 0 Å². The van der Waals surface area contributed by atoms with Crippen LogP contribution in [0.15, 0.2) is 12.1 Å². The van der Waals surface area contributed by atoms with Crippen molar-refractivity contribution in [3.05, 3.63) is 17.2 Å². The summed E-state index contributed by atoms with van der Waals surface area (Å²) in [6, 6.07) is 2.96. The van der Waals surface area contributed by atoms with E-state index in [9.17, 15) is 9.90 Å². The number of rotatable bonds is 4. The zero-order valence-corrected chi connectivity index (χ0v) is 13.6. The summed E-state index contributed by atoms with van der Waals surface area (Å²) in [7, 11) is 0. The van der Waals surface area contributed by atoms with Gasteiger partial charge in [-0.1, -0.05) is 11.6 Å². The van der Waals surface area contributed by atoms with Crippen molar-refractivity contribution in [1.29, 1.82) is 0 Å². The minimum absolute atomic E-state index is 0.357. The van der Waals surface area contributed by atoms with Crippen LogP contribution >= 0.6 is 11.6 Å². The first-order valence-corrected chi connectivity index (χ1v) is 8.30. The second kappa shape index (κ2) is 6.84. The maximum Gasteiger partial charge on any atom is 0.319 e. The highest BCUT2D eigenvalue weighted by Gasteiger charge is 2.33. The van der Waals surface area contributed by atoms with Gasteiger partial charge in [0.2, 0.25) is 0 Å². The molecule has 0 spiro atoms. The normalized spacial score (nSPS) is 18.5. The molecule has 0 saturated heterocycles. The largest absolute Gasteiger partial charge is 0.490 e. The summed E-state index contributed by atoms with van der Waals surface area (Å²) < 4.78 is 11.1. The third kappa shape index (κ3) is 4.00. The monoisotopic (exact) mass is 340 g/mol. The van der Waals surface area contributed by atoms with Crippen molar-refractivity contribution in [3.63, 3.8) is 0 Å². The van der Waals surface area contributed by atoms with E-state index in [1.807, 2.05) is 0 Å². The van der Waals surface area contributed by atoms with Crippen LogP contribution in [0.5, 0.6) is 11.5 Å². The van der Waals surface area contributed by atoms with Crippen LogP contribution in [0, 0.1) is 0 Å². The molecular weight excluding hydrogens is 320 g/mol. The minimum Gasteiger partial charge on any atom is -0.490 e. The van der Waals surface area contributed by atoms with Gasteiger partial charge in [0.1, 0.15) is 0 Å². The number of nitrogens with one attached hydrogen (secondary N) is 2. The molecule has 1 heterocycles. The van der Waals surface area contributed by atoms with Crippen molar-refractivity contribution in [2.45, 2.75) is 37.7 Å². The SMILES string of the molecule is O=C(NCCC1(O)CCC1)Nc1cc2c(cc1Cl)OCCCO2. The summed E-state index contributed by atoms with van der Waals surface area (Å²) >= 11 is 6.18. The molecule has 0 atom stereocenters. The van der Waals surface area contributed by atoms with Crippen molar-refractivity contribution in [1.82, 2.24) is 5.32 Å². The summed E-state index contributed by atoms with van der Waals surface area (Å²) in [5.41, 5.74) is -0.129. The third-order valence-corrected chi connectivity index (χ3v) is 4.56. The summed E-state index contributed by atoms with van der Waals surface area (Å²) in [5, 5.41) is 15.8. The van der Waals surface area contributed by atoms with E-state index in [-0.39, 0.29) is 6.03 Å². The lowest BCUT2D eigenvalue weighted by Crippen LogP contribution is -2.41. The van der Waals surface area contributed by atoms with E-state index < -0.39 is 5.60 Å². The molecule has 1 aromatic carbocycles. The van der Waals surface area contributed by atoms with E-state index >= 15 is 0 Å². The molecule has 0 bridgehead atoms. The Bertz CT molecular complexity index is 590. The van der Waals surface area contributed by atoms with Crippen molar-refractivity contribution in [3.8, 4) is 11.5 Å². The molecule has 2 amide bonds. The summed E-state index contributed by atoms with van der Waals surface area (Å²) in [6.45, 7) is 1.57. The molecule has 6 nitrogen and oxygen atoms in total. The van der Waals surface area contributed by atoms with E-state index in [1.54, 1.807) is 12.1 Å². The molecule has 1 aliphatic heterocycles. The van der Waals surface area contributed by atoms with Crippen LogP contribution in [-0.4, -0.2) is 36.5 Å². The number of aliphatic hydroxyl groups is 1. The molecule has 1 saturated carbocycles. The first kappa shape index (κ1) is 16.2. The van der Waals surface area contributed by atoms with Crippen molar-refractivity contribution in [2.24, 2.45) is 0 Å². The molecule has 1 aromatic rings. The molecule has 7 heteroatoms. The van der Waals surface area contributed by atoms with E-state index in [2.05, 4.69) is 10.6 Å². The molecule has 3 N–H and O–H groups in total. The Labute approximate surface area is 140 Å². The predicted molar refractivity (Wildman–Crippen MR) is 87.5 cm³/mol. The molecule has 0 radical (unpaired) electrons. The number of hydrogen-bond donors (Lipinski definition) is 3. The van der Waals surface area contributed by atoms with Gasteiger partial charge in [-0.2, -0.15) is 0 Å². The maximum absolute atomic E-state index is 12.0. The average Bonchev–Trinajstić information content (AvgIpc) is 2.71. The predicted octanol–water partition coefficient (Wildman–Crippen LogP) is 2.93. The van der Waals surface area contributed by atoms with Crippen LogP contribution < -0.4 is 20.1 Å². The fraction of sp³-hybridized carbons (Fsp3) is 0.562. The Balaban J connectivity index is 1.56. The lowest BCUT2D eigenvalue weighted by atomic mass is 9.78. The van der Waals surface area contributed by atoms with E-state index in [0.29, 0.717) is 48.4 Å². The van der Waals surface area contributed by atoms with Gasteiger partial charge in [-0.15, -0.1) is 0 Å². The Kier molecular flexibility index (Phi) is 4.82. The summed E-state index contributed by atoms with van der Waals surface area (Å²) in [6.07, 6.45) is 4.04. The van der Waals surface area contributed by atoms with Gasteiger partial charge in [-0.25, -0.2) is 4.79 Å². The number of halogens is 1. The standard InChI is InChI=1S/C16H21ClN2O4/c17-11-9-13-14(23-8-2-7-22-13)10-12(11)19-15(20)18-6-5-16(21)3-1-4-16/h9-10,21H,1-8H2,(H2,18,19,20). The number of amides is 2. The molecule has 3 rings (SSSR count). The quantitative estimate of drug-likeness (QED) is 0.787. The average molecular weight is 341 g/mol. The van der Waals surface area contributed by atoms with Crippen molar-refractivity contribution >= 4 is 23.3 Å². The Morgan fingerprint density at radius 2 is 1.91 bits per heavy atom. The van der Waals surface area contributed by atoms with Crippen molar-refractivity contribution < 1.29 is 19.4 Å². The van der Waals surface area contributed by atoms with Crippen LogP contribution in [-0.2, 0) is 0 Å². The molecule has 0 aromatic heterocycles. The summed E-state index contributed by atoms with van der Waals surface area (Å²) in [4.78, 5) is 12.0. The number of fused-ring (bicyclic) bond motifs is 1. The molecule has 23 heavy (non-hydrogen) atoms. The van der Waals surface area contributed by atoms with Gasteiger partial charge < -0.3 is 25.2 Å². The number of benzene rings is 1.